The molecule has 22 heteroatoms. The molecule has 20 nitrogen and oxygen atoms in total. The number of anilines is 1. The maximum atomic E-state index is 13.3. The van der Waals surface area contributed by atoms with Gasteiger partial charge in [0.05, 0.1) is 6.61 Å². The third kappa shape index (κ3) is 25.6. The molecular formula is C100H106Cl2N11O9+. The number of fused-ring (bicyclic) bond motifs is 3. The fourth-order valence-corrected chi connectivity index (χ4v) is 14.7. The number of nitrogens with zero attached hydrogens (tertiary/aromatic N) is 10. The molecule has 2 saturated heterocycles. The molecule has 16 rings (SSSR count). The number of ether oxygens (including phenoxy) is 1. The largest absolute Gasteiger partial charge is 0.449 e. The molecule has 122 heavy (non-hydrogen) atoms. The number of carbonyl (C=O) groups excluding carboxylic acids is 7. The fraction of sp³-hybridized carbons (Fsp3) is 0.240. The summed E-state index contributed by atoms with van der Waals surface area (Å²) in [4.78, 5) is 100. The normalized spacial score (nSPS) is 12.3. The molecule has 9 aromatic heterocycles. The number of aliphatic hydroxyl groups excluding tert-OH is 1. The molecule has 0 radical (unpaired) electrons. The van der Waals surface area contributed by atoms with Gasteiger partial charge in [-0.05, 0) is 169 Å². The first-order valence-corrected chi connectivity index (χ1v) is 42.0. The van der Waals surface area contributed by atoms with Crippen LogP contribution in [0.2, 0.25) is 0 Å². The molecule has 2 N–H and O–H groups in total. The summed E-state index contributed by atoms with van der Waals surface area (Å²) in [7, 11) is 4.10. The van der Waals surface area contributed by atoms with Gasteiger partial charge in [0.1, 0.15) is 11.4 Å². The number of rotatable bonds is 21. The van der Waals surface area contributed by atoms with E-state index in [9.17, 15) is 33.6 Å². The smallest absolute Gasteiger partial charge is 0.409 e. The van der Waals surface area contributed by atoms with E-state index >= 15 is 0 Å². The number of piperazine rings is 2. The minimum atomic E-state index is -0.969. The second-order valence-electron chi connectivity index (χ2n) is 28.9. The van der Waals surface area contributed by atoms with Gasteiger partial charge in [0.15, 0.2) is 11.9 Å². The summed E-state index contributed by atoms with van der Waals surface area (Å²) in [6.45, 7) is 16.2. The molecule has 628 valence electrons. The fourth-order valence-electron chi connectivity index (χ4n) is 14.4. The van der Waals surface area contributed by atoms with Crippen LogP contribution in [0.1, 0.15) is 99.2 Å². The number of carbonyl (C=O) groups is 7. The average molecular weight is 1680 g/mol. The van der Waals surface area contributed by atoms with Crippen LogP contribution in [0.4, 0.5) is 15.3 Å². The number of Topliss-reactive ketones (excluding diaryl/α,β-unsaturated/α-hetero) is 3. The number of ketones is 3. The zero-order chi connectivity index (χ0) is 86.5. The lowest BCUT2D eigenvalue weighted by atomic mass is 9.97. The van der Waals surface area contributed by atoms with E-state index < -0.39 is 22.7 Å². The number of halogens is 2. The molecule has 0 atom stereocenters. The van der Waals surface area contributed by atoms with Crippen molar-refractivity contribution in [1.29, 1.82) is 0 Å². The minimum Gasteiger partial charge on any atom is -0.449 e. The lowest BCUT2D eigenvalue weighted by Gasteiger charge is -2.31. The zero-order valence-corrected chi connectivity index (χ0v) is 71.5. The van der Waals surface area contributed by atoms with Crippen LogP contribution in [0.15, 0.2) is 304 Å². The minimum absolute atomic E-state index is 0.157. The lowest BCUT2D eigenvalue weighted by molar-refractivity contribution is -0.690. The van der Waals surface area contributed by atoms with Gasteiger partial charge >= 0.3 is 11.5 Å². The highest BCUT2D eigenvalue weighted by atomic mass is 35.5. The molecule has 2 fully saturated rings. The molecule has 14 aromatic rings. The van der Waals surface area contributed by atoms with Crippen LogP contribution < -0.4 is 9.88 Å². The maximum Gasteiger partial charge on any atom is 0.409 e. The topological polar surface area (TPSA) is 217 Å². The summed E-state index contributed by atoms with van der Waals surface area (Å²) in [5.74, 6) is -1.72. The van der Waals surface area contributed by atoms with Crippen molar-refractivity contribution in [2.24, 2.45) is 0 Å². The second-order valence-corrected chi connectivity index (χ2v) is 29.6. The van der Waals surface area contributed by atoms with E-state index in [2.05, 4.69) is 124 Å². The predicted octanol–water partition coefficient (Wildman–Crippen LogP) is 18.3. The van der Waals surface area contributed by atoms with E-state index in [-0.39, 0.29) is 23.8 Å². The van der Waals surface area contributed by atoms with Crippen molar-refractivity contribution in [1.82, 2.24) is 42.8 Å². The van der Waals surface area contributed by atoms with Crippen LogP contribution in [-0.2, 0) is 59.4 Å². The van der Waals surface area contributed by atoms with Gasteiger partial charge in [0.25, 0.3) is 22.7 Å². The Balaban J connectivity index is 0.000000153. The maximum absolute atomic E-state index is 13.3. The van der Waals surface area contributed by atoms with E-state index in [1.807, 2.05) is 229 Å². The lowest BCUT2D eigenvalue weighted by Crippen LogP contribution is -2.47. The van der Waals surface area contributed by atoms with Crippen LogP contribution in [0.5, 0.6) is 0 Å². The van der Waals surface area contributed by atoms with E-state index in [4.69, 9.17) is 33.0 Å². The quantitative estimate of drug-likeness (QED) is 0.0225. The average Bonchev–Trinajstić information content (AvgIpc) is 1.60. The predicted molar refractivity (Wildman–Crippen MR) is 486 cm³/mol. The molecule has 0 bridgehead atoms. The first-order chi connectivity index (χ1) is 59.4. The van der Waals surface area contributed by atoms with Gasteiger partial charge in [-0.25, -0.2) is 4.79 Å². The van der Waals surface area contributed by atoms with Crippen LogP contribution in [0.3, 0.4) is 0 Å². The Labute approximate surface area is 724 Å². The van der Waals surface area contributed by atoms with Gasteiger partial charge in [-0.1, -0.05) is 204 Å². The number of likely N-dealkylation sites (N-methyl/N-ethyl adjacent to an activating group) is 2. The van der Waals surface area contributed by atoms with Gasteiger partial charge < -0.3 is 48.0 Å². The molecule has 2 aliphatic rings. The third-order valence-electron chi connectivity index (χ3n) is 20.7. The van der Waals surface area contributed by atoms with Crippen LogP contribution >= 0.6 is 23.2 Å². The number of pyridine rings is 6. The highest BCUT2D eigenvalue weighted by Crippen LogP contribution is 2.37. The van der Waals surface area contributed by atoms with Crippen molar-refractivity contribution in [3.8, 4) is 33.4 Å². The Morgan fingerprint density at radius 1 is 0.459 bits per heavy atom. The van der Waals surface area contributed by atoms with Crippen LogP contribution in [0.25, 0.3) is 49.9 Å². The summed E-state index contributed by atoms with van der Waals surface area (Å²) in [6.07, 6.45) is 19.2. The first-order valence-electron chi connectivity index (χ1n) is 41.3. The van der Waals surface area contributed by atoms with E-state index in [0.717, 1.165) is 146 Å². The van der Waals surface area contributed by atoms with E-state index in [1.165, 1.54) is 27.9 Å². The summed E-state index contributed by atoms with van der Waals surface area (Å²) < 4.78 is 13.1. The van der Waals surface area contributed by atoms with Crippen molar-refractivity contribution in [3.63, 3.8) is 0 Å². The number of hydrogen-bond acceptors (Lipinski definition) is 13. The van der Waals surface area contributed by atoms with Crippen LogP contribution in [-0.4, -0.2) is 168 Å². The monoisotopic (exact) mass is 1670 g/mol. The van der Waals surface area contributed by atoms with Gasteiger partial charge in [-0.2, -0.15) is 4.57 Å². The van der Waals surface area contributed by atoms with Crippen LogP contribution in [0, 0.1) is 0 Å². The SMILES string of the molecule is CCCc1cccc[n+]1CC(=O)c1ccccc1.CCc1c(-c2ccccc2)c(C(=O)C(=O)Cl)n2ccccc12.CCc1c(-c2ccccc2)c(C(=O)C(=O)Nc2ccccc2)n2ccccc12.CCc1c(-c2ccccc2)cn2ccccc12.CN1CCN(C(=O)Cl)CC1.CN1CCN(C(=O)OCCc2ccccn2)CC1.OCCc1ccccn1. The second kappa shape index (κ2) is 47.8. The highest BCUT2D eigenvalue weighted by molar-refractivity contribution is 6.83. The Morgan fingerprint density at radius 2 is 0.910 bits per heavy atom. The van der Waals surface area contributed by atoms with Gasteiger partial charge in [0.2, 0.25) is 12.3 Å². The molecule has 0 saturated carbocycles. The third-order valence-corrected chi connectivity index (χ3v) is 21.1. The molecule has 5 aromatic carbocycles. The number of amides is 3. The number of aryl methyl sites for hydroxylation is 4. The Morgan fingerprint density at radius 3 is 1.39 bits per heavy atom. The van der Waals surface area contributed by atoms with Gasteiger partial charge in [-0.3, -0.25) is 38.7 Å². The molecule has 0 aliphatic carbocycles. The molecule has 2 aliphatic heterocycles. The summed E-state index contributed by atoms with van der Waals surface area (Å²) in [5, 5.41) is 9.89. The number of para-hydroxylation sites is 1. The number of aromatic nitrogens is 6. The first kappa shape index (κ1) is 91.5. The van der Waals surface area contributed by atoms with Gasteiger partial charge in [0, 0.05) is 183 Å². The molecule has 0 spiro atoms. The number of hydrogen-bond donors (Lipinski definition) is 2. The number of aliphatic hydroxyl groups is 1. The molecule has 0 unspecified atom stereocenters. The van der Waals surface area contributed by atoms with Gasteiger partial charge in [-0.15, -0.1) is 0 Å². The number of benzene rings is 5. The molecule has 3 amide bonds. The Hall–Kier alpha value is -12.8. The van der Waals surface area contributed by atoms with Crippen molar-refractivity contribution in [2.75, 3.05) is 85.0 Å². The molecular weight excluding hydrogens is 1570 g/mol. The summed E-state index contributed by atoms with van der Waals surface area (Å²) >= 11 is 10.7. The summed E-state index contributed by atoms with van der Waals surface area (Å²) in [5.41, 5.74) is 18.0. The Kier molecular flexibility index (Phi) is 35.9. The van der Waals surface area contributed by atoms with E-state index in [1.54, 1.807) is 44.9 Å². The van der Waals surface area contributed by atoms with E-state index in [0.29, 0.717) is 43.1 Å². The van der Waals surface area contributed by atoms with Crippen molar-refractivity contribution < 1.29 is 48.0 Å². The van der Waals surface area contributed by atoms with Crippen molar-refractivity contribution in [2.45, 2.75) is 79.2 Å². The highest BCUT2D eigenvalue weighted by Gasteiger charge is 2.30. The Bertz CT molecular complexity index is 5670. The summed E-state index contributed by atoms with van der Waals surface area (Å²) in [6, 6.07) is 83.8. The standard InChI is InChI=1S/C24H20N2O2.C18H14ClNO2.C16H18NO.C16H15N.C13H19N3O2.C7H9NO.C6H11ClN2O/c1-2-19-20-15-9-10-16-26(20)22(21(19)17-11-5-3-6-12-17)23(27)24(28)25-18-13-7-4-8-14-18;1-2-13-14-10-6-7-11-20(14)16(17(21)18(19)22)15(13)12-8-4-3-5-9-12;1-2-8-15-11-6-7-12-17(15)13-16(18)14-9-4-3-5-10-14;1-2-14-15(13-8-4-3-5-9-13)12-17-11-7-6-10-16(14)17;1-15-7-9-16(10-8-15)13(17)18-11-5-12-4-2-3-6-14-12;9-6-4-7-3-1-2-5-8-7;1-8-2-4-9(5-3-8)6(7)10/h3-16H,2H2,1H3,(H,25,28);3-11H,2H2,1H3;3-7,9-12H,2,8,13H2,1H3;3-12H,2H2,1H3;2-4,6H,5,7-11H2,1H3;1-3,5,9H,4,6H2;2-5H2,1H3/q;;+1;;;;. The molecule has 11 heterocycles. The van der Waals surface area contributed by atoms with Crippen molar-refractivity contribution >= 4 is 85.4 Å². The van der Waals surface area contributed by atoms with Crippen molar-refractivity contribution in [3.05, 3.63) is 355 Å². The zero-order valence-electron chi connectivity index (χ0n) is 70.0. The number of nitrogens with one attached hydrogen (secondary N) is 1.